The first-order chi connectivity index (χ1) is 52.5. The molecule has 2 fully saturated rings. The Morgan fingerprint density at radius 3 is 1.30 bits per heavy atom. The molecule has 29 heteroatoms. The van der Waals surface area contributed by atoms with Gasteiger partial charge in [-0.15, -0.1) is 0 Å². The number of aliphatic hydroxyl groups is 1. The molecule has 5 rings (SSSR count). The fourth-order valence-corrected chi connectivity index (χ4v) is 14.2. The van der Waals surface area contributed by atoms with Gasteiger partial charge in [0.05, 0.1) is 12.5 Å². The molecule has 2 aliphatic heterocycles. The van der Waals surface area contributed by atoms with Crippen LogP contribution in [0.2, 0.25) is 0 Å². The molecule has 6 N–H and O–H groups in total. The number of rotatable bonds is 21. The van der Waals surface area contributed by atoms with Gasteiger partial charge in [-0.3, -0.25) is 67.1 Å². The number of hydrogen-bond donors (Lipinski definition) is 6. The number of hydrogen-bond acceptors (Lipinski definition) is 15. The van der Waals surface area contributed by atoms with Crippen molar-refractivity contribution in [1.82, 2.24) is 70.7 Å². The molecule has 112 heavy (non-hydrogen) atoms. The molecule has 14 amide bonds. The summed E-state index contributed by atoms with van der Waals surface area (Å²) in [7, 11) is 10.8. The van der Waals surface area contributed by atoms with Crippen LogP contribution >= 0.6 is 0 Å². The second-order valence-electron chi connectivity index (χ2n) is 32.1. The lowest BCUT2D eigenvalue weighted by Gasteiger charge is -2.38. The Bertz CT molecular complexity index is 3730. The highest BCUT2D eigenvalue weighted by molar-refractivity contribution is 6.01. The van der Waals surface area contributed by atoms with Gasteiger partial charge in [-0.1, -0.05) is 146 Å². The maximum Gasteiger partial charge on any atom is 0.248 e. The number of benzene rings is 3. The van der Waals surface area contributed by atoms with E-state index in [-0.39, 0.29) is 62.2 Å². The number of carbonyl (C=O) groups excluding carboxylic acids is 14. The van der Waals surface area contributed by atoms with E-state index in [9.17, 15) is 48.3 Å². The van der Waals surface area contributed by atoms with Crippen molar-refractivity contribution < 1.29 is 72.2 Å². The Morgan fingerprint density at radius 2 is 0.857 bits per heavy atom. The van der Waals surface area contributed by atoms with Gasteiger partial charge in [-0.05, 0) is 114 Å². The Labute approximate surface area is 662 Å². The topological polar surface area (TPSA) is 349 Å². The van der Waals surface area contributed by atoms with Gasteiger partial charge in [0.2, 0.25) is 82.7 Å². The molecular formula is C83H126N14O15. The van der Waals surface area contributed by atoms with Crippen molar-refractivity contribution in [3.8, 4) is 0 Å². The maximum absolute atomic E-state index is 15.9. The highest BCUT2D eigenvalue weighted by atomic mass is 16.3. The quantitative estimate of drug-likeness (QED) is 0.0890. The lowest BCUT2D eigenvalue weighted by Crippen LogP contribution is -2.62. The van der Waals surface area contributed by atoms with Crippen molar-refractivity contribution in [1.29, 1.82) is 0 Å². The summed E-state index contributed by atoms with van der Waals surface area (Å²) < 4.78 is 0. The molecule has 2 heterocycles. The standard InChI is InChI=1S/C83H126N14O15/c1-49(2)42-62-72(101)86-61(79(108)96(21)67(47-60-38-30-24-31-39-60)81(110)93(18)65(45-58-34-26-22-27-35-58)71(100)85-54(10)76(105)97-40-32-25-33-41-97)48-68(99)84-53(9)75(104)89(14)55(11)78(107)95(20)66(46-59-36-28-23-29-37-59)80(109)92(17)64(44-51(5)6)74(103)88-70(57(13)98)83(112)90(15)56(12)77(106)91(16)63(43-50(3)4)73(102)87-69(52(7)8)82(111)94(62)19/h22-24,26-31,34-39,49-57,61-67,69-70,98H,25,32-33,40-48H2,1-21H3,(H,84,99)(H,85,100)(H,86,101)(H,87,102)(H,88,103)/t53-,54+,55+,56+,57-,61+,62+,63+,64+,65+,66+,67+,69+,70+/m1/s1. The minimum Gasteiger partial charge on any atom is -0.391 e. The van der Waals surface area contributed by atoms with E-state index in [1.807, 2.05) is 27.7 Å². The molecule has 0 bridgehead atoms. The summed E-state index contributed by atoms with van der Waals surface area (Å²) in [6.07, 6.45) is -0.126. The Kier molecular flexibility index (Phi) is 35.4. The minimum atomic E-state index is -1.89. The number of piperidine rings is 1. The molecule has 29 nitrogen and oxygen atoms in total. The third kappa shape index (κ3) is 25.1. The molecule has 2 aliphatic rings. The van der Waals surface area contributed by atoms with Crippen molar-refractivity contribution in [2.24, 2.45) is 23.7 Å². The van der Waals surface area contributed by atoms with E-state index >= 15 is 24.0 Å². The second-order valence-corrected chi connectivity index (χ2v) is 32.1. The summed E-state index contributed by atoms with van der Waals surface area (Å²) >= 11 is 0. The first-order valence-corrected chi connectivity index (χ1v) is 39.3. The lowest BCUT2D eigenvalue weighted by atomic mass is 9.96. The summed E-state index contributed by atoms with van der Waals surface area (Å²) in [6.45, 7) is 22.3. The van der Waals surface area contributed by atoms with E-state index < -0.39 is 174 Å². The zero-order valence-corrected chi connectivity index (χ0v) is 69.7. The lowest BCUT2D eigenvalue weighted by molar-refractivity contribution is -0.153. The number of nitrogens with one attached hydrogen (secondary N) is 5. The van der Waals surface area contributed by atoms with E-state index in [1.54, 1.807) is 131 Å². The molecule has 0 aromatic heterocycles. The second kappa shape index (κ2) is 42.7. The molecule has 0 radical (unpaired) electrons. The van der Waals surface area contributed by atoms with Crippen molar-refractivity contribution in [3.05, 3.63) is 108 Å². The van der Waals surface area contributed by atoms with Crippen molar-refractivity contribution >= 4 is 82.7 Å². The zero-order chi connectivity index (χ0) is 84.0. The average molecular weight is 1560 g/mol. The smallest absolute Gasteiger partial charge is 0.248 e. The number of nitrogens with zero attached hydrogens (tertiary/aromatic N) is 9. The van der Waals surface area contributed by atoms with E-state index in [4.69, 9.17) is 0 Å². The van der Waals surface area contributed by atoms with Crippen molar-refractivity contribution in [3.63, 3.8) is 0 Å². The fraction of sp³-hybridized carbons (Fsp3) is 0.614. The first-order valence-electron chi connectivity index (χ1n) is 39.3. The van der Waals surface area contributed by atoms with E-state index in [1.165, 1.54) is 98.8 Å². The molecule has 3 aromatic carbocycles. The third-order valence-corrected chi connectivity index (χ3v) is 21.6. The number of amides is 14. The van der Waals surface area contributed by atoms with E-state index in [0.29, 0.717) is 29.8 Å². The molecular weight excluding hydrogens is 1430 g/mol. The zero-order valence-electron chi connectivity index (χ0n) is 69.7. The van der Waals surface area contributed by atoms with Crippen LogP contribution in [0.25, 0.3) is 0 Å². The van der Waals surface area contributed by atoms with Crippen molar-refractivity contribution in [2.75, 3.05) is 69.5 Å². The van der Waals surface area contributed by atoms with Crippen LogP contribution < -0.4 is 26.6 Å². The largest absolute Gasteiger partial charge is 0.391 e. The average Bonchev–Trinajstić information content (AvgIpc) is 0.819. The third-order valence-electron chi connectivity index (χ3n) is 21.6. The Morgan fingerprint density at radius 1 is 0.464 bits per heavy atom. The van der Waals surface area contributed by atoms with Gasteiger partial charge < -0.3 is 75.8 Å². The summed E-state index contributed by atoms with van der Waals surface area (Å²) in [4.78, 5) is 221. The monoisotopic (exact) mass is 1560 g/mol. The van der Waals surface area contributed by atoms with E-state index in [2.05, 4.69) is 26.6 Å². The fourth-order valence-electron chi connectivity index (χ4n) is 14.2. The summed E-state index contributed by atoms with van der Waals surface area (Å²) in [5.41, 5.74) is 1.86. The molecule has 14 atom stereocenters. The van der Waals surface area contributed by atoms with Crippen LogP contribution in [0.1, 0.15) is 152 Å². The highest BCUT2D eigenvalue weighted by Gasteiger charge is 2.45. The van der Waals surface area contributed by atoms with Crippen molar-refractivity contribution in [2.45, 2.75) is 239 Å². The molecule has 3 aromatic rings. The minimum absolute atomic E-state index is 0.0248. The van der Waals surface area contributed by atoms with Gasteiger partial charge in [-0.2, -0.15) is 0 Å². The molecule has 0 spiro atoms. The summed E-state index contributed by atoms with van der Waals surface area (Å²) in [6, 6.07) is 8.17. The van der Waals surface area contributed by atoms with Gasteiger partial charge in [-0.25, -0.2) is 0 Å². The maximum atomic E-state index is 15.9. The van der Waals surface area contributed by atoms with Crippen LogP contribution in [0.4, 0.5) is 0 Å². The number of likely N-dealkylation sites (tertiary alicyclic amines) is 1. The number of carbonyl (C=O) groups is 14. The first kappa shape index (κ1) is 92.8. The van der Waals surface area contributed by atoms with Crippen LogP contribution in [0, 0.1) is 23.7 Å². The highest BCUT2D eigenvalue weighted by Crippen LogP contribution is 2.25. The van der Waals surface area contributed by atoms with Gasteiger partial charge >= 0.3 is 0 Å². The molecule has 0 saturated carbocycles. The normalized spacial score (nSPS) is 23.9. The van der Waals surface area contributed by atoms with Crippen LogP contribution in [0.5, 0.6) is 0 Å². The van der Waals surface area contributed by atoms with Gasteiger partial charge in [0, 0.05) is 88.7 Å². The van der Waals surface area contributed by atoms with Gasteiger partial charge in [0.15, 0.2) is 0 Å². The summed E-state index contributed by atoms with van der Waals surface area (Å²) in [5.74, 6) is -12.4. The van der Waals surface area contributed by atoms with E-state index in [0.717, 1.165) is 43.8 Å². The van der Waals surface area contributed by atoms with Crippen LogP contribution in [0.15, 0.2) is 91.0 Å². The molecule has 0 unspecified atom stereocenters. The Hall–Kier alpha value is -9.80. The van der Waals surface area contributed by atoms with Crippen LogP contribution in [-0.2, 0) is 86.4 Å². The van der Waals surface area contributed by atoms with Gasteiger partial charge in [0.1, 0.15) is 78.5 Å². The summed E-state index contributed by atoms with van der Waals surface area (Å²) in [5, 5.41) is 25.1. The SMILES string of the molecule is CC(C)C[C@H]1C(=O)N[C@H](C(=O)N(C)[C@@H](Cc2ccccc2)C(=O)N(C)[C@@H](Cc2ccccc2)C(=O)N[C@@H](C)C(=O)N2CCCCC2)CC(=O)N[C@H](C)C(=O)N(C)[C@@H](C)C(=O)N(C)[C@@H](Cc2ccccc2)C(=O)N(C)[C@@H](CC(C)C)C(=O)N[C@@H]([C@@H](C)O)C(=O)N(C)[C@@H](C)C(=O)N(C)[C@@H](CC(C)C)C(=O)N[C@@H](C(C)C)C(=O)N1C. The molecule has 618 valence electrons. The predicted molar refractivity (Wildman–Crippen MR) is 425 cm³/mol. The van der Waals surface area contributed by atoms with Crippen LogP contribution in [-0.4, -0.2) is 286 Å². The van der Waals surface area contributed by atoms with Crippen LogP contribution in [0.3, 0.4) is 0 Å². The number of likely N-dealkylation sites (N-methyl/N-ethyl adjacent to an activating group) is 8. The predicted octanol–water partition coefficient (Wildman–Crippen LogP) is 3.43. The van der Waals surface area contributed by atoms with Gasteiger partial charge in [0.25, 0.3) is 0 Å². The number of aliphatic hydroxyl groups excluding tert-OH is 1. The molecule has 0 aliphatic carbocycles. The molecule has 2 saturated heterocycles. The Balaban J connectivity index is 1.69.